The highest BCUT2D eigenvalue weighted by Crippen LogP contribution is 2.27. The Bertz CT molecular complexity index is 256. The molecule has 1 aliphatic rings. The Balaban J connectivity index is 2.36. The van der Waals surface area contributed by atoms with E-state index in [1.54, 1.807) is 0 Å². The molecule has 1 saturated carbocycles. The monoisotopic (exact) mass is 210 g/mol. The number of hydrogen-bond acceptors (Lipinski definition) is 4. The van der Waals surface area contributed by atoms with Gasteiger partial charge in [-0.05, 0) is 12.8 Å². The van der Waals surface area contributed by atoms with Crippen LogP contribution in [0.25, 0.3) is 0 Å². The Morgan fingerprint density at radius 3 is 2.80 bits per heavy atom. The summed E-state index contributed by atoms with van der Waals surface area (Å²) in [5.41, 5.74) is 0. The number of ether oxygens (including phenoxy) is 1. The molecule has 4 heteroatoms. The van der Waals surface area contributed by atoms with Crippen LogP contribution in [0.1, 0.15) is 26.2 Å². The van der Waals surface area contributed by atoms with Crippen LogP contribution in [0.4, 0.5) is 0 Å². The van der Waals surface area contributed by atoms with Gasteiger partial charge in [-0.2, -0.15) is 5.26 Å². The molecule has 4 nitrogen and oxygen atoms in total. The lowest BCUT2D eigenvalue weighted by Crippen LogP contribution is -2.34. The van der Waals surface area contributed by atoms with E-state index in [0.717, 1.165) is 6.54 Å². The quantitative estimate of drug-likeness (QED) is 0.618. The van der Waals surface area contributed by atoms with Crippen molar-refractivity contribution in [1.82, 2.24) is 4.90 Å². The van der Waals surface area contributed by atoms with Crippen LogP contribution in [0.2, 0.25) is 0 Å². The lowest BCUT2D eigenvalue weighted by molar-refractivity contribution is -0.145. The molecule has 0 radical (unpaired) electrons. The van der Waals surface area contributed by atoms with Crippen molar-refractivity contribution >= 4 is 5.97 Å². The highest BCUT2D eigenvalue weighted by atomic mass is 16.5. The molecule has 1 fully saturated rings. The fourth-order valence-corrected chi connectivity index (χ4v) is 1.68. The molecular formula is C11H18N2O2. The van der Waals surface area contributed by atoms with Gasteiger partial charge < -0.3 is 4.74 Å². The summed E-state index contributed by atoms with van der Waals surface area (Å²) in [6.45, 7) is 3.34. The number of nitriles is 1. The molecule has 0 spiro atoms. The van der Waals surface area contributed by atoms with E-state index in [1.807, 2.05) is 6.92 Å². The minimum atomic E-state index is -0.169. The summed E-state index contributed by atoms with van der Waals surface area (Å²) in [6.07, 6.45) is 2.92. The number of carbonyl (C=O) groups excluding carboxylic acids is 1. The molecule has 0 saturated heterocycles. The lowest BCUT2D eigenvalue weighted by atomic mass is 10.1. The van der Waals surface area contributed by atoms with E-state index in [2.05, 4.69) is 15.7 Å². The van der Waals surface area contributed by atoms with E-state index in [-0.39, 0.29) is 11.9 Å². The van der Waals surface area contributed by atoms with Crippen LogP contribution >= 0.6 is 0 Å². The van der Waals surface area contributed by atoms with E-state index in [0.29, 0.717) is 19.0 Å². The minimum Gasteiger partial charge on any atom is -0.469 e. The molecule has 84 valence electrons. The maximum absolute atomic E-state index is 11.3. The molecule has 0 aromatic carbocycles. The van der Waals surface area contributed by atoms with Crippen LogP contribution in [0.5, 0.6) is 0 Å². The van der Waals surface area contributed by atoms with Gasteiger partial charge in [0.2, 0.25) is 0 Å². The summed E-state index contributed by atoms with van der Waals surface area (Å²) in [4.78, 5) is 13.5. The van der Waals surface area contributed by atoms with Crippen molar-refractivity contribution in [3.05, 3.63) is 0 Å². The molecule has 0 aromatic heterocycles. The second-order valence-electron chi connectivity index (χ2n) is 4.06. The Labute approximate surface area is 90.8 Å². The molecule has 1 rings (SSSR count). The number of esters is 1. The first-order valence-corrected chi connectivity index (χ1v) is 5.38. The minimum absolute atomic E-state index is 0.103. The maximum atomic E-state index is 11.3. The molecule has 0 aromatic rings. The predicted molar refractivity (Wildman–Crippen MR) is 56.0 cm³/mol. The van der Waals surface area contributed by atoms with Crippen molar-refractivity contribution in [2.24, 2.45) is 5.92 Å². The van der Waals surface area contributed by atoms with Crippen LogP contribution in [-0.4, -0.2) is 37.1 Å². The average Bonchev–Trinajstić information content (AvgIpc) is 3.06. The van der Waals surface area contributed by atoms with Gasteiger partial charge in [0.15, 0.2) is 0 Å². The molecule has 0 amide bonds. The van der Waals surface area contributed by atoms with Crippen molar-refractivity contribution in [1.29, 1.82) is 5.26 Å². The van der Waals surface area contributed by atoms with Gasteiger partial charge >= 0.3 is 5.97 Å². The molecule has 15 heavy (non-hydrogen) atoms. The van der Waals surface area contributed by atoms with Crippen LogP contribution in [0, 0.1) is 17.2 Å². The average molecular weight is 210 g/mol. The van der Waals surface area contributed by atoms with Crippen molar-refractivity contribution in [3.63, 3.8) is 0 Å². The summed E-state index contributed by atoms with van der Waals surface area (Å²) >= 11 is 0. The fraction of sp³-hybridized carbons (Fsp3) is 0.818. The van der Waals surface area contributed by atoms with Crippen LogP contribution in [0.15, 0.2) is 0 Å². The number of carbonyl (C=O) groups is 1. The second-order valence-corrected chi connectivity index (χ2v) is 4.06. The van der Waals surface area contributed by atoms with Gasteiger partial charge in [-0.1, -0.05) is 6.92 Å². The zero-order chi connectivity index (χ0) is 11.3. The van der Waals surface area contributed by atoms with E-state index in [1.165, 1.54) is 20.0 Å². The molecule has 1 unspecified atom stereocenters. The summed E-state index contributed by atoms with van der Waals surface area (Å²) < 4.78 is 4.69. The van der Waals surface area contributed by atoms with E-state index < -0.39 is 0 Å². The first kappa shape index (κ1) is 12.0. The Morgan fingerprint density at radius 1 is 1.67 bits per heavy atom. The molecule has 0 N–H and O–H groups in total. The van der Waals surface area contributed by atoms with Crippen molar-refractivity contribution in [2.45, 2.75) is 32.2 Å². The van der Waals surface area contributed by atoms with Gasteiger partial charge in [-0.3, -0.25) is 9.69 Å². The third-order valence-electron chi connectivity index (χ3n) is 2.69. The van der Waals surface area contributed by atoms with Crippen LogP contribution in [-0.2, 0) is 9.53 Å². The Kier molecular flexibility index (Phi) is 4.57. The summed E-state index contributed by atoms with van der Waals surface area (Å²) in [5.74, 6) is -0.271. The van der Waals surface area contributed by atoms with Crippen LogP contribution < -0.4 is 0 Å². The van der Waals surface area contributed by atoms with Crippen molar-refractivity contribution < 1.29 is 9.53 Å². The van der Waals surface area contributed by atoms with Crippen molar-refractivity contribution in [2.75, 3.05) is 20.2 Å². The topological polar surface area (TPSA) is 53.3 Å². The van der Waals surface area contributed by atoms with Gasteiger partial charge in [-0.25, -0.2) is 0 Å². The van der Waals surface area contributed by atoms with Gasteiger partial charge in [0.05, 0.1) is 19.1 Å². The molecule has 1 atom stereocenters. The smallest absolute Gasteiger partial charge is 0.309 e. The number of nitrogens with zero attached hydrogens (tertiary/aromatic N) is 2. The van der Waals surface area contributed by atoms with Crippen LogP contribution in [0.3, 0.4) is 0 Å². The van der Waals surface area contributed by atoms with E-state index >= 15 is 0 Å². The molecule has 0 bridgehead atoms. The third kappa shape index (κ3) is 3.88. The first-order valence-electron chi connectivity index (χ1n) is 5.38. The molecule has 0 aliphatic heterocycles. The van der Waals surface area contributed by atoms with Gasteiger partial charge in [0.1, 0.15) is 0 Å². The number of methoxy groups -OCH3 is 1. The van der Waals surface area contributed by atoms with Gasteiger partial charge in [0, 0.05) is 25.6 Å². The van der Waals surface area contributed by atoms with Crippen molar-refractivity contribution in [3.8, 4) is 6.07 Å². The zero-order valence-electron chi connectivity index (χ0n) is 9.40. The second kappa shape index (κ2) is 5.72. The zero-order valence-corrected chi connectivity index (χ0v) is 9.40. The first-order chi connectivity index (χ1) is 7.19. The lowest BCUT2D eigenvalue weighted by Gasteiger charge is -2.23. The molecular weight excluding hydrogens is 192 g/mol. The van der Waals surface area contributed by atoms with E-state index in [9.17, 15) is 4.79 Å². The summed E-state index contributed by atoms with van der Waals surface area (Å²) in [6, 6.07) is 2.73. The third-order valence-corrected chi connectivity index (χ3v) is 2.69. The number of rotatable bonds is 6. The fourth-order valence-electron chi connectivity index (χ4n) is 1.68. The SMILES string of the molecule is COC(=O)C(C)CN(CCC#N)C1CC1. The standard InChI is InChI=1S/C11H18N2O2/c1-9(11(14)15-2)8-13(7-3-6-12)10-4-5-10/h9-10H,3-5,7-8H2,1-2H3. The molecule has 1 aliphatic carbocycles. The number of hydrogen-bond donors (Lipinski definition) is 0. The van der Waals surface area contributed by atoms with E-state index in [4.69, 9.17) is 5.26 Å². The predicted octanol–water partition coefficient (Wildman–Crippen LogP) is 1.17. The summed E-state index contributed by atoms with van der Waals surface area (Å²) in [7, 11) is 1.41. The van der Waals surface area contributed by atoms with Gasteiger partial charge in [-0.15, -0.1) is 0 Å². The normalized spacial score (nSPS) is 17.2. The Morgan fingerprint density at radius 2 is 2.33 bits per heavy atom. The Hall–Kier alpha value is -1.08. The molecule has 0 heterocycles. The summed E-state index contributed by atoms with van der Waals surface area (Å²) in [5, 5.41) is 8.54. The largest absolute Gasteiger partial charge is 0.469 e. The maximum Gasteiger partial charge on any atom is 0.309 e. The highest BCUT2D eigenvalue weighted by molar-refractivity contribution is 5.72. The highest BCUT2D eigenvalue weighted by Gasteiger charge is 2.30. The van der Waals surface area contributed by atoms with Gasteiger partial charge in [0.25, 0.3) is 0 Å².